The van der Waals surface area contributed by atoms with Crippen molar-refractivity contribution in [2.75, 3.05) is 12.4 Å². The predicted octanol–water partition coefficient (Wildman–Crippen LogP) is 2.94. The summed E-state index contributed by atoms with van der Waals surface area (Å²) < 4.78 is 4.65. The minimum Gasteiger partial charge on any atom is -0.465 e. The highest BCUT2D eigenvalue weighted by Gasteiger charge is 2.17. The fourth-order valence-corrected chi connectivity index (χ4v) is 2.02. The zero-order valence-electron chi connectivity index (χ0n) is 12.5. The lowest BCUT2D eigenvalue weighted by atomic mass is 10.1. The Morgan fingerprint density at radius 3 is 2.52 bits per heavy atom. The number of methoxy groups -OCH3 is 1. The molecule has 0 saturated heterocycles. The summed E-state index contributed by atoms with van der Waals surface area (Å²) in [5.41, 5.74) is 0.917. The van der Waals surface area contributed by atoms with Crippen LogP contribution in [0.5, 0.6) is 0 Å². The van der Waals surface area contributed by atoms with E-state index in [9.17, 15) is 19.7 Å². The number of para-hydroxylation sites is 1. The summed E-state index contributed by atoms with van der Waals surface area (Å²) in [7, 11) is 1.24. The van der Waals surface area contributed by atoms with Gasteiger partial charge in [0.05, 0.1) is 23.3 Å². The van der Waals surface area contributed by atoms with Crippen molar-refractivity contribution >= 4 is 23.3 Å². The summed E-state index contributed by atoms with van der Waals surface area (Å²) in [5.74, 6) is -1.14. The van der Waals surface area contributed by atoms with Crippen LogP contribution in [0.3, 0.4) is 0 Å². The van der Waals surface area contributed by atoms with E-state index < -0.39 is 16.8 Å². The minimum absolute atomic E-state index is 0.127. The molecule has 0 bridgehead atoms. The molecule has 0 aromatic heterocycles. The lowest BCUT2D eigenvalue weighted by molar-refractivity contribution is -0.385. The van der Waals surface area contributed by atoms with Crippen LogP contribution >= 0.6 is 0 Å². The van der Waals surface area contributed by atoms with Gasteiger partial charge in [-0.2, -0.15) is 0 Å². The lowest BCUT2D eigenvalue weighted by Crippen LogP contribution is -2.15. The number of carbonyl (C=O) groups excluding carboxylic acids is 2. The number of nitro groups is 1. The molecule has 2 aromatic carbocycles. The highest BCUT2D eigenvalue weighted by Crippen LogP contribution is 2.21. The van der Waals surface area contributed by atoms with E-state index in [1.807, 2.05) is 0 Å². The van der Waals surface area contributed by atoms with Crippen molar-refractivity contribution in [3.05, 3.63) is 69.3 Å². The monoisotopic (exact) mass is 314 g/mol. The zero-order chi connectivity index (χ0) is 17.0. The number of hydrogen-bond acceptors (Lipinski definition) is 5. The Balaban J connectivity index is 2.32. The van der Waals surface area contributed by atoms with Gasteiger partial charge >= 0.3 is 5.97 Å². The Labute approximate surface area is 132 Å². The molecule has 1 amide bonds. The normalized spacial score (nSPS) is 10.0. The molecule has 0 fully saturated rings. The van der Waals surface area contributed by atoms with Crippen LogP contribution in [-0.4, -0.2) is 23.9 Å². The Morgan fingerprint density at radius 2 is 1.87 bits per heavy atom. The molecule has 0 radical (unpaired) electrons. The van der Waals surface area contributed by atoms with Gasteiger partial charge in [0.15, 0.2) is 0 Å². The Morgan fingerprint density at radius 1 is 1.17 bits per heavy atom. The van der Waals surface area contributed by atoms with Gasteiger partial charge in [0.25, 0.3) is 11.6 Å². The van der Waals surface area contributed by atoms with Gasteiger partial charge in [-0.25, -0.2) is 4.79 Å². The fraction of sp³-hybridized carbons (Fsp3) is 0.125. The number of esters is 1. The SMILES string of the molecule is COC(=O)c1ccccc1NC(=O)c1ccc(C)c([N+](=O)[O-])c1. The van der Waals surface area contributed by atoms with Crippen molar-refractivity contribution in [1.29, 1.82) is 0 Å². The Hall–Kier alpha value is -3.22. The first-order valence-corrected chi connectivity index (χ1v) is 6.67. The first-order valence-electron chi connectivity index (χ1n) is 6.67. The van der Waals surface area contributed by atoms with Gasteiger partial charge in [0.2, 0.25) is 0 Å². The van der Waals surface area contributed by atoms with Crippen molar-refractivity contribution in [3.8, 4) is 0 Å². The molecule has 7 nitrogen and oxygen atoms in total. The molecule has 0 unspecified atom stereocenters. The van der Waals surface area contributed by atoms with Crippen LogP contribution in [0.25, 0.3) is 0 Å². The maximum absolute atomic E-state index is 12.3. The quantitative estimate of drug-likeness (QED) is 0.531. The van der Waals surface area contributed by atoms with E-state index in [4.69, 9.17) is 0 Å². The van der Waals surface area contributed by atoms with Gasteiger partial charge in [-0.15, -0.1) is 0 Å². The molecule has 118 valence electrons. The summed E-state index contributed by atoms with van der Waals surface area (Å²) in [5, 5.41) is 13.5. The van der Waals surface area contributed by atoms with Crippen molar-refractivity contribution in [2.45, 2.75) is 6.92 Å². The van der Waals surface area contributed by atoms with Crippen LogP contribution < -0.4 is 5.32 Å². The smallest absolute Gasteiger partial charge is 0.339 e. The van der Waals surface area contributed by atoms with Crippen molar-refractivity contribution < 1.29 is 19.2 Å². The number of ether oxygens (including phenoxy) is 1. The average Bonchev–Trinajstić information content (AvgIpc) is 2.54. The Kier molecular flexibility index (Phi) is 4.70. The van der Waals surface area contributed by atoms with Gasteiger partial charge in [0, 0.05) is 17.2 Å². The summed E-state index contributed by atoms with van der Waals surface area (Å²) in [6.07, 6.45) is 0. The summed E-state index contributed by atoms with van der Waals surface area (Å²) in [4.78, 5) is 34.4. The van der Waals surface area contributed by atoms with Crippen LogP contribution in [0.2, 0.25) is 0 Å². The third kappa shape index (κ3) is 3.52. The van der Waals surface area contributed by atoms with Gasteiger partial charge in [0.1, 0.15) is 0 Å². The van der Waals surface area contributed by atoms with Crippen LogP contribution in [0.1, 0.15) is 26.3 Å². The molecule has 2 aromatic rings. The van der Waals surface area contributed by atoms with Crippen molar-refractivity contribution in [2.24, 2.45) is 0 Å². The second-order valence-corrected chi connectivity index (χ2v) is 4.75. The van der Waals surface area contributed by atoms with Gasteiger partial charge in [-0.3, -0.25) is 14.9 Å². The van der Waals surface area contributed by atoms with Crippen molar-refractivity contribution in [1.82, 2.24) is 0 Å². The van der Waals surface area contributed by atoms with E-state index in [-0.39, 0.29) is 22.5 Å². The van der Waals surface area contributed by atoms with Crippen molar-refractivity contribution in [3.63, 3.8) is 0 Å². The number of aryl methyl sites for hydroxylation is 1. The van der Waals surface area contributed by atoms with E-state index in [0.29, 0.717) is 5.56 Å². The molecule has 1 N–H and O–H groups in total. The number of nitrogens with one attached hydrogen (secondary N) is 1. The Bertz CT molecular complexity index is 786. The maximum Gasteiger partial charge on any atom is 0.339 e. The zero-order valence-corrected chi connectivity index (χ0v) is 12.5. The molecule has 0 aliphatic rings. The molecule has 0 spiro atoms. The number of nitrogens with zero attached hydrogens (tertiary/aromatic N) is 1. The van der Waals surface area contributed by atoms with E-state index in [1.165, 1.54) is 31.4 Å². The fourth-order valence-electron chi connectivity index (χ4n) is 2.02. The highest BCUT2D eigenvalue weighted by molar-refractivity contribution is 6.08. The van der Waals surface area contributed by atoms with E-state index in [1.54, 1.807) is 25.1 Å². The first kappa shape index (κ1) is 16.2. The summed E-state index contributed by atoms with van der Waals surface area (Å²) in [6.45, 7) is 1.59. The predicted molar refractivity (Wildman–Crippen MR) is 83.6 cm³/mol. The molecule has 0 atom stereocenters. The van der Waals surface area contributed by atoms with Crippen LogP contribution in [0.4, 0.5) is 11.4 Å². The molecule has 0 aliphatic heterocycles. The largest absolute Gasteiger partial charge is 0.465 e. The molecule has 23 heavy (non-hydrogen) atoms. The number of anilines is 1. The second kappa shape index (κ2) is 6.69. The third-order valence-electron chi connectivity index (χ3n) is 3.25. The van der Waals surface area contributed by atoms with E-state index in [0.717, 1.165) is 0 Å². The van der Waals surface area contributed by atoms with Gasteiger partial charge < -0.3 is 10.1 Å². The van der Waals surface area contributed by atoms with Crippen LogP contribution in [0.15, 0.2) is 42.5 Å². The molecule has 0 aliphatic carbocycles. The van der Waals surface area contributed by atoms with E-state index >= 15 is 0 Å². The molecule has 0 saturated carbocycles. The molecular formula is C16H14N2O5. The number of rotatable bonds is 4. The first-order chi connectivity index (χ1) is 10.9. The van der Waals surface area contributed by atoms with Gasteiger partial charge in [-0.1, -0.05) is 18.2 Å². The summed E-state index contributed by atoms with van der Waals surface area (Å²) >= 11 is 0. The molecular weight excluding hydrogens is 300 g/mol. The molecule has 2 rings (SSSR count). The maximum atomic E-state index is 12.3. The minimum atomic E-state index is -0.587. The highest BCUT2D eigenvalue weighted by atomic mass is 16.6. The number of carbonyl (C=O) groups is 2. The van der Waals surface area contributed by atoms with E-state index in [2.05, 4.69) is 10.1 Å². The molecule has 7 heteroatoms. The third-order valence-corrected chi connectivity index (χ3v) is 3.25. The number of nitro benzene ring substituents is 1. The standard InChI is InChI=1S/C16H14N2O5/c1-10-7-8-11(9-14(10)18(21)22)15(19)17-13-6-4-3-5-12(13)16(20)23-2/h3-9H,1-2H3,(H,17,19). The number of hydrogen-bond donors (Lipinski definition) is 1. The number of amides is 1. The van der Waals surface area contributed by atoms with Crippen LogP contribution in [-0.2, 0) is 4.74 Å². The lowest BCUT2D eigenvalue weighted by Gasteiger charge is -2.10. The average molecular weight is 314 g/mol. The summed E-state index contributed by atoms with van der Waals surface area (Å²) in [6, 6.07) is 10.5. The van der Waals surface area contributed by atoms with Crippen LogP contribution in [0, 0.1) is 17.0 Å². The molecule has 0 heterocycles. The van der Waals surface area contributed by atoms with Gasteiger partial charge in [-0.05, 0) is 25.1 Å². The number of benzene rings is 2. The second-order valence-electron chi connectivity index (χ2n) is 4.75. The topological polar surface area (TPSA) is 98.5 Å².